The smallest absolute Gasteiger partial charge is 0.0734 e. The van der Waals surface area contributed by atoms with E-state index in [-0.39, 0.29) is 18.5 Å². The lowest BCUT2D eigenvalue weighted by Gasteiger charge is -2.05. The Labute approximate surface area is 61.0 Å². The Balaban J connectivity index is 0.000000640. The van der Waals surface area contributed by atoms with Crippen molar-refractivity contribution >= 4 is 12.4 Å². The molecule has 0 radical (unpaired) electrons. The summed E-state index contributed by atoms with van der Waals surface area (Å²) < 4.78 is 4.98. The Morgan fingerprint density at radius 3 is 2.56 bits per heavy atom. The molecule has 3 nitrogen and oxygen atoms in total. The Kier molecular flexibility index (Phi) is 4.14. The topological polar surface area (TPSA) is 32.7 Å². The highest BCUT2D eigenvalue weighted by Gasteiger charge is 2.19. The van der Waals surface area contributed by atoms with Gasteiger partial charge in [0.15, 0.2) is 0 Å². The highest BCUT2D eigenvalue weighted by atomic mass is 35.5. The summed E-state index contributed by atoms with van der Waals surface area (Å²) in [5, 5.41) is 10.1. The highest BCUT2D eigenvalue weighted by Crippen LogP contribution is 2.07. The Bertz CT molecular complexity index is 81.4. The highest BCUT2D eigenvalue weighted by molar-refractivity contribution is 5.85. The van der Waals surface area contributed by atoms with Crippen molar-refractivity contribution in [1.29, 1.82) is 0 Å². The van der Waals surface area contributed by atoms with E-state index in [0.29, 0.717) is 6.54 Å². The first-order valence-electron chi connectivity index (χ1n) is 2.79. The number of ether oxygens (including phenoxy) is 1. The lowest BCUT2D eigenvalue weighted by Crippen LogP contribution is -2.18. The van der Waals surface area contributed by atoms with E-state index >= 15 is 0 Å². The number of methoxy groups -OCH3 is 1. The minimum absolute atomic E-state index is 0. The van der Waals surface area contributed by atoms with Gasteiger partial charge in [-0.2, -0.15) is 5.06 Å². The molecule has 0 aromatic carbocycles. The van der Waals surface area contributed by atoms with Crippen molar-refractivity contribution in [3.05, 3.63) is 0 Å². The van der Waals surface area contributed by atoms with E-state index in [4.69, 9.17) is 9.94 Å². The molecule has 1 saturated heterocycles. The normalized spacial score (nSPS) is 28.0. The first kappa shape index (κ1) is 9.17. The molecule has 0 bridgehead atoms. The van der Waals surface area contributed by atoms with Crippen LogP contribution in [0, 0.1) is 0 Å². The first-order chi connectivity index (χ1) is 3.83. The van der Waals surface area contributed by atoms with Gasteiger partial charge in [-0.25, -0.2) is 0 Å². The summed E-state index contributed by atoms with van der Waals surface area (Å²) in [5.41, 5.74) is 0. The first-order valence-corrected chi connectivity index (χ1v) is 2.79. The Hall–Kier alpha value is 0.170. The van der Waals surface area contributed by atoms with Crippen LogP contribution in [0.1, 0.15) is 6.42 Å². The number of hydrogen-bond donors (Lipinski definition) is 1. The third-order valence-corrected chi connectivity index (χ3v) is 1.46. The van der Waals surface area contributed by atoms with E-state index in [1.807, 2.05) is 0 Å². The summed E-state index contributed by atoms with van der Waals surface area (Å²) in [6.45, 7) is 1.41. The summed E-state index contributed by atoms with van der Waals surface area (Å²) in [6.07, 6.45) is 1.20. The monoisotopic (exact) mass is 153 g/mol. The maximum absolute atomic E-state index is 8.78. The molecular weight excluding hydrogens is 142 g/mol. The van der Waals surface area contributed by atoms with Gasteiger partial charge in [-0.05, 0) is 6.42 Å². The predicted molar refractivity (Wildman–Crippen MR) is 36.0 cm³/mol. The lowest BCUT2D eigenvalue weighted by molar-refractivity contribution is -0.0784. The summed E-state index contributed by atoms with van der Waals surface area (Å²) in [7, 11) is 1.67. The van der Waals surface area contributed by atoms with Crippen LogP contribution < -0.4 is 0 Å². The van der Waals surface area contributed by atoms with Gasteiger partial charge < -0.3 is 9.94 Å². The van der Waals surface area contributed by atoms with Crippen LogP contribution in [-0.2, 0) is 4.74 Å². The van der Waals surface area contributed by atoms with Crippen molar-refractivity contribution in [2.24, 2.45) is 0 Å². The lowest BCUT2D eigenvalue weighted by atomic mass is 10.3. The van der Waals surface area contributed by atoms with Crippen molar-refractivity contribution in [3.63, 3.8) is 0 Å². The van der Waals surface area contributed by atoms with E-state index in [9.17, 15) is 0 Å². The third-order valence-electron chi connectivity index (χ3n) is 1.46. The van der Waals surface area contributed by atoms with Gasteiger partial charge in [0.25, 0.3) is 0 Å². The summed E-state index contributed by atoms with van der Waals surface area (Å²) in [6, 6.07) is 0. The predicted octanol–water partition coefficient (Wildman–Crippen LogP) is 0.518. The van der Waals surface area contributed by atoms with Crippen molar-refractivity contribution in [1.82, 2.24) is 5.06 Å². The van der Waals surface area contributed by atoms with Gasteiger partial charge in [-0.15, -0.1) is 12.4 Å². The molecule has 56 valence electrons. The number of rotatable bonds is 1. The summed E-state index contributed by atoms with van der Waals surface area (Å²) in [5.74, 6) is 0. The molecular formula is C5H12ClNO2. The fourth-order valence-electron chi connectivity index (χ4n) is 0.903. The molecule has 0 saturated carbocycles. The molecule has 1 unspecified atom stereocenters. The molecule has 0 amide bonds. The molecule has 1 aliphatic heterocycles. The molecule has 1 N–H and O–H groups in total. The molecule has 0 spiro atoms. The molecule has 1 atom stereocenters. The zero-order valence-corrected chi connectivity index (χ0v) is 6.23. The van der Waals surface area contributed by atoms with Crippen molar-refractivity contribution in [3.8, 4) is 0 Å². The zero-order chi connectivity index (χ0) is 5.98. The van der Waals surface area contributed by atoms with Crippen molar-refractivity contribution < 1.29 is 9.94 Å². The zero-order valence-electron chi connectivity index (χ0n) is 5.41. The summed E-state index contributed by atoms with van der Waals surface area (Å²) in [4.78, 5) is 0. The molecule has 1 fully saturated rings. The maximum atomic E-state index is 8.78. The minimum atomic E-state index is 0. The van der Waals surface area contributed by atoms with Crippen LogP contribution in [0.4, 0.5) is 0 Å². The van der Waals surface area contributed by atoms with Gasteiger partial charge in [-0.1, -0.05) is 0 Å². The minimum Gasteiger partial charge on any atom is -0.380 e. The average Bonchev–Trinajstić information content (AvgIpc) is 2.14. The van der Waals surface area contributed by atoms with Crippen LogP contribution in [0.15, 0.2) is 0 Å². The van der Waals surface area contributed by atoms with Gasteiger partial charge >= 0.3 is 0 Å². The van der Waals surface area contributed by atoms with Gasteiger partial charge in [0, 0.05) is 13.7 Å². The second-order valence-electron chi connectivity index (χ2n) is 2.06. The number of hydrogen-bond acceptors (Lipinski definition) is 3. The maximum Gasteiger partial charge on any atom is 0.0734 e. The molecule has 4 heteroatoms. The molecule has 0 aliphatic carbocycles. The van der Waals surface area contributed by atoms with E-state index in [2.05, 4.69) is 0 Å². The third kappa shape index (κ3) is 2.49. The van der Waals surface area contributed by atoms with E-state index in [1.165, 1.54) is 5.06 Å². The fraction of sp³-hybridized carbons (Fsp3) is 1.00. The van der Waals surface area contributed by atoms with Crippen LogP contribution in [0.25, 0.3) is 0 Å². The van der Waals surface area contributed by atoms with E-state index in [1.54, 1.807) is 7.11 Å². The second kappa shape index (κ2) is 4.06. The van der Waals surface area contributed by atoms with Gasteiger partial charge in [0.05, 0.1) is 12.6 Å². The van der Waals surface area contributed by atoms with Crippen LogP contribution >= 0.6 is 12.4 Å². The van der Waals surface area contributed by atoms with Crippen LogP contribution in [0.2, 0.25) is 0 Å². The molecule has 0 aromatic heterocycles. The fourth-order valence-corrected chi connectivity index (χ4v) is 0.903. The van der Waals surface area contributed by atoms with Crippen LogP contribution in [0.3, 0.4) is 0 Å². The van der Waals surface area contributed by atoms with Crippen LogP contribution in [-0.4, -0.2) is 36.6 Å². The van der Waals surface area contributed by atoms with E-state index < -0.39 is 0 Å². The standard InChI is InChI=1S/C5H11NO2.ClH/c1-8-5-2-3-6(7)4-5;/h5,7H,2-4H2,1H3;1H. The Morgan fingerprint density at radius 2 is 2.33 bits per heavy atom. The quantitative estimate of drug-likeness (QED) is 0.596. The molecule has 9 heavy (non-hydrogen) atoms. The SMILES string of the molecule is COC1CCN(O)C1.Cl. The molecule has 1 heterocycles. The molecule has 1 rings (SSSR count). The summed E-state index contributed by atoms with van der Waals surface area (Å²) >= 11 is 0. The second-order valence-corrected chi connectivity index (χ2v) is 2.06. The van der Waals surface area contributed by atoms with Crippen LogP contribution in [0.5, 0.6) is 0 Å². The van der Waals surface area contributed by atoms with Gasteiger partial charge in [0.1, 0.15) is 0 Å². The average molecular weight is 154 g/mol. The molecule has 1 aliphatic rings. The number of nitrogens with zero attached hydrogens (tertiary/aromatic N) is 1. The van der Waals surface area contributed by atoms with Crippen molar-refractivity contribution in [2.75, 3.05) is 20.2 Å². The van der Waals surface area contributed by atoms with Gasteiger partial charge in [0.2, 0.25) is 0 Å². The number of hydroxylamine groups is 2. The largest absolute Gasteiger partial charge is 0.380 e. The van der Waals surface area contributed by atoms with Gasteiger partial charge in [-0.3, -0.25) is 0 Å². The van der Waals surface area contributed by atoms with Crippen molar-refractivity contribution in [2.45, 2.75) is 12.5 Å². The Morgan fingerprint density at radius 1 is 1.67 bits per heavy atom. The van der Waals surface area contributed by atoms with E-state index in [0.717, 1.165) is 13.0 Å². The molecule has 0 aromatic rings. The number of halogens is 1.